The number of hydrogen-bond donors (Lipinski definition) is 3. The molecule has 0 bridgehead atoms. The maximum atomic E-state index is 11.2. The minimum atomic E-state index is -0.733. The van der Waals surface area contributed by atoms with Crippen LogP contribution in [0.25, 0.3) is 0 Å². The fraction of sp³-hybridized carbons (Fsp3) is 0.333. The van der Waals surface area contributed by atoms with Gasteiger partial charge in [-0.25, -0.2) is 4.79 Å². The van der Waals surface area contributed by atoms with Gasteiger partial charge in [-0.1, -0.05) is 0 Å². The average Bonchev–Trinajstić information content (AvgIpc) is 2.59. The van der Waals surface area contributed by atoms with Gasteiger partial charge < -0.3 is 20.6 Å². The average molecular weight is 228 g/mol. The minimum absolute atomic E-state index is 0.402. The number of ether oxygens (including phenoxy) is 1. The van der Waals surface area contributed by atoms with E-state index in [9.17, 15) is 4.79 Å². The second-order valence-electron chi connectivity index (χ2n) is 2.84. The molecule has 1 heterocycles. The van der Waals surface area contributed by atoms with Gasteiger partial charge in [0.1, 0.15) is 11.1 Å². The smallest absolute Gasteiger partial charge is 0.348 e. The first kappa shape index (κ1) is 11.7. The number of nitrogens with one attached hydrogen (secondary N) is 2. The summed E-state index contributed by atoms with van der Waals surface area (Å²) in [5.41, 5.74) is 0.561. The molecule has 1 rings (SSSR count). The zero-order valence-electron chi connectivity index (χ0n) is 8.40. The molecular weight excluding hydrogens is 216 g/mol. The number of anilines is 1. The zero-order chi connectivity index (χ0) is 11.4. The largest absolute Gasteiger partial charge is 0.465 e. The lowest BCUT2D eigenvalue weighted by Gasteiger charge is -2.06. The van der Waals surface area contributed by atoms with E-state index >= 15 is 0 Å². The number of esters is 1. The Morgan fingerprint density at radius 1 is 1.80 bits per heavy atom. The van der Waals surface area contributed by atoms with Crippen LogP contribution in [0.3, 0.4) is 0 Å². The maximum Gasteiger partial charge on any atom is 0.348 e. The van der Waals surface area contributed by atoms with Crippen LogP contribution in [-0.4, -0.2) is 30.6 Å². The van der Waals surface area contributed by atoms with E-state index in [2.05, 4.69) is 10.1 Å². The van der Waals surface area contributed by atoms with Crippen LogP contribution < -0.4 is 5.32 Å². The van der Waals surface area contributed by atoms with Crippen LogP contribution in [0.4, 0.5) is 5.69 Å². The van der Waals surface area contributed by atoms with Crippen molar-refractivity contribution in [2.75, 3.05) is 12.4 Å². The van der Waals surface area contributed by atoms with Crippen molar-refractivity contribution in [3.8, 4) is 0 Å². The van der Waals surface area contributed by atoms with E-state index in [1.54, 1.807) is 13.0 Å². The summed E-state index contributed by atoms with van der Waals surface area (Å²) in [6.45, 7) is 1.56. The topological polar surface area (TPSA) is 82.4 Å². The SMILES string of the molecule is COC(=O)c1cc(NC(C)O)c(C=N)s1. The molecule has 0 spiro atoms. The lowest BCUT2D eigenvalue weighted by atomic mass is 10.3. The molecule has 0 aliphatic carbocycles. The van der Waals surface area contributed by atoms with Crippen molar-refractivity contribution in [2.24, 2.45) is 0 Å². The highest BCUT2D eigenvalue weighted by Gasteiger charge is 2.14. The van der Waals surface area contributed by atoms with Gasteiger partial charge in [-0.15, -0.1) is 11.3 Å². The Balaban J connectivity index is 3.00. The summed E-state index contributed by atoms with van der Waals surface area (Å²) in [7, 11) is 1.30. The molecule has 0 saturated heterocycles. The number of thiophene rings is 1. The number of aliphatic hydroxyl groups excluding tert-OH is 1. The Bertz CT molecular complexity index is 373. The molecule has 0 aromatic carbocycles. The molecule has 0 saturated carbocycles. The fourth-order valence-electron chi connectivity index (χ4n) is 1.05. The summed E-state index contributed by atoms with van der Waals surface area (Å²) in [6, 6.07) is 1.56. The van der Waals surface area contributed by atoms with Gasteiger partial charge in [0.05, 0.1) is 17.7 Å². The van der Waals surface area contributed by atoms with Gasteiger partial charge in [0.25, 0.3) is 0 Å². The van der Waals surface area contributed by atoms with E-state index in [1.807, 2.05) is 0 Å². The quantitative estimate of drug-likeness (QED) is 0.412. The van der Waals surface area contributed by atoms with Gasteiger partial charge in [0, 0.05) is 6.21 Å². The van der Waals surface area contributed by atoms with Crippen molar-refractivity contribution >= 4 is 29.2 Å². The molecule has 6 heteroatoms. The van der Waals surface area contributed by atoms with Crippen LogP contribution in [0.15, 0.2) is 6.07 Å². The number of carbonyl (C=O) groups excluding carboxylic acids is 1. The molecule has 0 fully saturated rings. The third kappa shape index (κ3) is 2.77. The van der Waals surface area contributed by atoms with Crippen molar-refractivity contribution in [2.45, 2.75) is 13.2 Å². The fourth-order valence-corrected chi connectivity index (χ4v) is 1.92. The second kappa shape index (κ2) is 4.90. The van der Waals surface area contributed by atoms with Crippen LogP contribution in [0.5, 0.6) is 0 Å². The van der Waals surface area contributed by atoms with Gasteiger partial charge >= 0.3 is 5.97 Å². The summed E-state index contributed by atoms with van der Waals surface area (Å²) in [6.07, 6.45) is 0.394. The third-order valence-corrected chi connectivity index (χ3v) is 2.70. The molecule has 15 heavy (non-hydrogen) atoms. The summed E-state index contributed by atoms with van der Waals surface area (Å²) < 4.78 is 4.56. The standard InChI is InChI=1S/C9H12N2O3S/c1-5(12)11-6-3-7(9(13)14-2)15-8(6)4-10/h3-5,10-12H,1-2H3. The number of rotatable bonds is 4. The summed E-state index contributed by atoms with van der Waals surface area (Å²) >= 11 is 1.14. The van der Waals surface area contributed by atoms with Crippen molar-refractivity contribution in [1.29, 1.82) is 5.41 Å². The molecule has 82 valence electrons. The second-order valence-corrected chi connectivity index (χ2v) is 3.93. The van der Waals surface area contributed by atoms with Crippen molar-refractivity contribution < 1.29 is 14.6 Å². The highest BCUT2D eigenvalue weighted by molar-refractivity contribution is 7.16. The van der Waals surface area contributed by atoms with Gasteiger partial charge in [-0.3, -0.25) is 0 Å². The molecule has 0 amide bonds. The van der Waals surface area contributed by atoms with Crippen LogP contribution in [0.1, 0.15) is 21.5 Å². The minimum Gasteiger partial charge on any atom is -0.465 e. The van der Waals surface area contributed by atoms with Crippen LogP contribution in [0, 0.1) is 5.41 Å². The predicted molar refractivity (Wildman–Crippen MR) is 58.8 cm³/mol. The molecule has 5 nitrogen and oxygen atoms in total. The Kier molecular flexibility index (Phi) is 3.81. The summed E-state index contributed by atoms with van der Waals surface area (Å²) in [5.74, 6) is -0.443. The van der Waals surface area contributed by atoms with E-state index in [-0.39, 0.29) is 0 Å². The van der Waals surface area contributed by atoms with Crippen LogP contribution in [-0.2, 0) is 4.74 Å². The Hall–Kier alpha value is -1.40. The Labute approximate surface area is 91.2 Å². The molecule has 3 N–H and O–H groups in total. The molecule has 0 radical (unpaired) electrons. The molecule has 1 atom stereocenters. The first-order valence-electron chi connectivity index (χ1n) is 4.25. The molecule has 0 aliphatic rings. The first-order valence-corrected chi connectivity index (χ1v) is 5.07. The van der Waals surface area contributed by atoms with E-state index in [4.69, 9.17) is 10.5 Å². The Morgan fingerprint density at radius 2 is 2.47 bits per heavy atom. The van der Waals surface area contributed by atoms with Crippen molar-refractivity contribution in [3.05, 3.63) is 15.8 Å². The lowest BCUT2D eigenvalue weighted by Crippen LogP contribution is -2.13. The van der Waals surface area contributed by atoms with Crippen molar-refractivity contribution in [3.63, 3.8) is 0 Å². The highest BCUT2D eigenvalue weighted by atomic mass is 32.1. The van der Waals surface area contributed by atoms with Gasteiger partial charge in [0.15, 0.2) is 0 Å². The van der Waals surface area contributed by atoms with Gasteiger partial charge in [-0.05, 0) is 13.0 Å². The predicted octanol–water partition coefficient (Wildman–Crippen LogP) is 1.28. The van der Waals surface area contributed by atoms with Gasteiger partial charge in [0.2, 0.25) is 0 Å². The molecular formula is C9H12N2O3S. The molecule has 1 aromatic rings. The maximum absolute atomic E-state index is 11.2. The molecule has 0 aliphatic heterocycles. The van der Waals surface area contributed by atoms with Crippen LogP contribution >= 0.6 is 11.3 Å². The number of aliphatic hydroxyl groups is 1. The van der Waals surface area contributed by atoms with E-state index in [0.717, 1.165) is 17.6 Å². The summed E-state index contributed by atoms with van der Waals surface area (Å²) in [5, 5.41) is 19.0. The van der Waals surface area contributed by atoms with Gasteiger partial charge in [-0.2, -0.15) is 0 Å². The monoisotopic (exact) mass is 228 g/mol. The number of methoxy groups -OCH3 is 1. The van der Waals surface area contributed by atoms with E-state index in [1.165, 1.54) is 7.11 Å². The summed E-state index contributed by atoms with van der Waals surface area (Å²) in [4.78, 5) is 12.2. The normalized spacial score (nSPS) is 11.9. The van der Waals surface area contributed by atoms with E-state index in [0.29, 0.717) is 15.4 Å². The molecule has 1 unspecified atom stereocenters. The first-order chi connectivity index (χ1) is 7.08. The van der Waals surface area contributed by atoms with Crippen molar-refractivity contribution in [1.82, 2.24) is 0 Å². The zero-order valence-corrected chi connectivity index (χ0v) is 9.22. The third-order valence-electron chi connectivity index (χ3n) is 1.64. The molecule has 1 aromatic heterocycles. The lowest BCUT2D eigenvalue weighted by molar-refractivity contribution is 0.0606. The van der Waals surface area contributed by atoms with Crippen LogP contribution in [0.2, 0.25) is 0 Å². The Morgan fingerprint density at radius 3 is 2.93 bits per heavy atom. The number of carbonyl (C=O) groups is 1. The van der Waals surface area contributed by atoms with E-state index < -0.39 is 12.2 Å². The highest BCUT2D eigenvalue weighted by Crippen LogP contribution is 2.26. The number of hydrogen-bond acceptors (Lipinski definition) is 6.